The zero-order valence-electron chi connectivity index (χ0n) is 6.00. The van der Waals surface area contributed by atoms with E-state index in [1.807, 2.05) is 0 Å². The Bertz CT molecular complexity index is 317. The predicted octanol–water partition coefficient (Wildman–Crippen LogP) is 3.34. The average Bonchev–Trinajstić information content (AvgIpc) is 2.08. The Labute approximate surface area is 90.4 Å². The minimum absolute atomic E-state index is 0.0414. The van der Waals surface area contributed by atoms with E-state index in [1.165, 1.54) is 7.11 Å². The van der Waals surface area contributed by atoms with Crippen molar-refractivity contribution in [2.45, 2.75) is 0 Å². The van der Waals surface area contributed by atoms with Crippen LogP contribution in [0.2, 0.25) is 0 Å². The number of halogens is 4. The first kappa shape index (κ1) is 10.2. The van der Waals surface area contributed by atoms with Crippen molar-refractivity contribution in [3.05, 3.63) is 25.7 Å². The maximum absolute atomic E-state index is 13.1. The van der Waals surface area contributed by atoms with Crippen LogP contribution in [0.1, 0.15) is 0 Å². The fraction of sp³-hybridized carbons (Fsp3) is 0.143. The first-order valence-electron chi connectivity index (χ1n) is 2.95. The largest absolute Gasteiger partial charge is 0.495 e. The number of hydrogen-bond acceptors (Lipinski definition) is 1. The van der Waals surface area contributed by atoms with Gasteiger partial charge < -0.3 is 4.74 Å². The molecular weight excluding hydrogens is 345 g/mol. The summed E-state index contributed by atoms with van der Waals surface area (Å²) in [5.74, 6) is -1.09. The second-order valence-electron chi connectivity index (χ2n) is 2.00. The summed E-state index contributed by atoms with van der Waals surface area (Å²) in [4.78, 5) is 0. The van der Waals surface area contributed by atoms with Crippen molar-refractivity contribution >= 4 is 38.5 Å². The lowest BCUT2D eigenvalue weighted by Gasteiger charge is -2.05. The maximum Gasteiger partial charge on any atom is 0.157 e. The summed E-state index contributed by atoms with van der Waals surface area (Å²) in [5, 5.41) is 0. The summed E-state index contributed by atoms with van der Waals surface area (Å²) in [5.41, 5.74) is 0. The van der Waals surface area contributed by atoms with Gasteiger partial charge in [0.15, 0.2) is 5.82 Å². The zero-order valence-corrected chi connectivity index (χ0v) is 9.74. The van der Waals surface area contributed by atoms with Crippen LogP contribution in [0, 0.1) is 15.2 Å². The fourth-order valence-corrected chi connectivity index (χ4v) is 1.97. The summed E-state index contributed by atoms with van der Waals surface area (Å²) in [6.07, 6.45) is 0. The van der Waals surface area contributed by atoms with Crippen LogP contribution in [0.4, 0.5) is 8.78 Å². The molecule has 0 atom stereocenters. The number of ether oxygens (including phenoxy) is 1. The van der Waals surface area contributed by atoms with Gasteiger partial charge in [-0.2, -0.15) is 0 Å². The molecule has 0 N–H and O–H groups in total. The summed E-state index contributed by atoms with van der Waals surface area (Å²) in [6, 6.07) is 1.13. The highest BCUT2D eigenvalue weighted by Gasteiger charge is 2.14. The van der Waals surface area contributed by atoms with Crippen LogP contribution in [-0.4, -0.2) is 7.11 Å². The Balaban J connectivity index is 3.39. The van der Waals surface area contributed by atoms with Gasteiger partial charge in [0.1, 0.15) is 11.6 Å². The van der Waals surface area contributed by atoms with Crippen LogP contribution in [0.25, 0.3) is 0 Å². The molecule has 1 aromatic rings. The van der Waals surface area contributed by atoms with E-state index in [4.69, 9.17) is 4.74 Å². The van der Waals surface area contributed by atoms with E-state index in [-0.39, 0.29) is 13.8 Å². The third-order valence-corrected chi connectivity index (χ3v) is 3.02. The van der Waals surface area contributed by atoms with Gasteiger partial charge in [0.25, 0.3) is 0 Å². The Morgan fingerprint density at radius 2 is 2.08 bits per heavy atom. The molecule has 0 spiro atoms. The van der Waals surface area contributed by atoms with E-state index < -0.39 is 11.6 Å². The molecule has 66 valence electrons. The first-order valence-corrected chi connectivity index (χ1v) is 4.82. The lowest BCUT2D eigenvalue weighted by atomic mass is 10.3. The highest BCUT2D eigenvalue weighted by atomic mass is 127. The third-order valence-electron chi connectivity index (χ3n) is 1.29. The maximum atomic E-state index is 13.1. The van der Waals surface area contributed by atoms with Crippen LogP contribution in [0.3, 0.4) is 0 Å². The van der Waals surface area contributed by atoms with Crippen molar-refractivity contribution in [1.82, 2.24) is 0 Å². The predicted molar refractivity (Wildman–Crippen MR) is 53.3 cm³/mol. The molecule has 0 bridgehead atoms. The van der Waals surface area contributed by atoms with Gasteiger partial charge in [-0.3, -0.25) is 0 Å². The minimum Gasteiger partial charge on any atom is -0.495 e. The summed E-state index contributed by atoms with van der Waals surface area (Å²) in [6.45, 7) is 0. The molecule has 1 aromatic carbocycles. The molecule has 0 amide bonds. The zero-order chi connectivity index (χ0) is 9.30. The van der Waals surface area contributed by atoms with E-state index in [9.17, 15) is 8.78 Å². The average molecular weight is 349 g/mol. The summed E-state index contributed by atoms with van der Waals surface area (Å²) in [7, 11) is 1.35. The van der Waals surface area contributed by atoms with Gasteiger partial charge in [0.05, 0.1) is 15.2 Å². The van der Waals surface area contributed by atoms with Gasteiger partial charge in [0.2, 0.25) is 0 Å². The number of benzene rings is 1. The van der Waals surface area contributed by atoms with E-state index in [0.717, 1.165) is 6.07 Å². The standard InChI is InChI=1S/C7H4BrF2IO/c1-12-4-2-3(9)7(11)6(10)5(4)8/h2H,1H3. The number of hydrogen-bond donors (Lipinski definition) is 0. The van der Waals surface area contributed by atoms with Crippen molar-refractivity contribution in [1.29, 1.82) is 0 Å². The van der Waals surface area contributed by atoms with Crippen LogP contribution in [-0.2, 0) is 0 Å². The SMILES string of the molecule is COc1cc(F)c(I)c(F)c1Br. The third kappa shape index (κ3) is 1.71. The van der Waals surface area contributed by atoms with Crippen LogP contribution in [0.5, 0.6) is 5.75 Å². The Morgan fingerprint density at radius 1 is 1.50 bits per heavy atom. The number of rotatable bonds is 1. The molecule has 0 aliphatic rings. The molecule has 0 saturated heterocycles. The molecule has 0 heterocycles. The molecule has 0 saturated carbocycles. The number of methoxy groups -OCH3 is 1. The van der Waals surface area contributed by atoms with E-state index in [2.05, 4.69) is 15.9 Å². The van der Waals surface area contributed by atoms with Crippen LogP contribution >= 0.6 is 38.5 Å². The molecule has 0 aromatic heterocycles. The van der Waals surface area contributed by atoms with Crippen molar-refractivity contribution in [2.24, 2.45) is 0 Å². The van der Waals surface area contributed by atoms with Crippen molar-refractivity contribution in [2.75, 3.05) is 7.11 Å². The minimum atomic E-state index is -0.632. The molecule has 5 heteroatoms. The summed E-state index contributed by atoms with van der Waals surface area (Å²) >= 11 is 4.55. The highest BCUT2D eigenvalue weighted by Crippen LogP contribution is 2.32. The molecule has 1 rings (SSSR count). The normalized spacial score (nSPS) is 10.1. The Hall–Kier alpha value is 0.0900. The molecule has 0 unspecified atom stereocenters. The van der Waals surface area contributed by atoms with Crippen LogP contribution < -0.4 is 4.74 Å². The second kappa shape index (κ2) is 3.87. The molecule has 1 nitrogen and oxygen atoms in total. The van der Waals surface area contributed by atoms with Gasteiger partial charge in [-0.1, -0.05) is 0 Å². The lowest BCUT2D eigenvalue weighted by Crippen LogP contribution is -1.94. The van der Waals surface area contributed by atoms with Crippen LogP contribution in [0.15, 0.2) is 10.5 Å². The molecule has 0 aliphatic carbocycles. The molecule has 0 fully saturated rings. The van der Waals surface area contributed by atoms with Crippen molar-refractivity contribution in [3.8, 4) is 5.75 Å². The smallest absolute Gasteiger partial charge is 0.157 e. The Kier molecular flexibility index (Phi) is 3.28. The molecule has 0 radical (unpaired) electrons. The van der Waals surface area contributed by atoms with E-state index >= 15 is 0 Å². The van der Waals surface area contributed by atoms with Gasteiger partial charge in [-0.05, 0) is 38.5 Å². The molecule has 0 aliphatic heterocycles. The molecule has 12 heavy (non-hydrogen) atoms. The monoisotopic (exact) mass is 348 g/mol. The van der Waals surface area contributed by atoms with Gasteiger partial charge >= 0.3 is 0 Å². The Morgan fingerprint density at radius 3 is 2.58 bits per heavy atom. The second-order valence-corrected chi connectivity index (χ2v) is 3.87. The van der Waals surface area contributed by atoms with Gasteiger partial charge in [-0.15, -0.1) is 0 Å². The lowest BCUT2D eigenvalue weighted by molar-refractivity contribution is 0.402. The first-order chi connectivity index (χ1) is 5.57. The highest BCUT2D eigenvalue weighted by molar-refractivity contribution is 14.1. The summed E-state index contributed by atoms with van der Waals surface area (Å²) < 4.78 is 30.8. The van der Waals surface area contributed by atoms with E-state index in [0.29, 0.717) is 0 Å². The topological polar surface area (TPSA) is 9.23 Å². The van der Waals surface area contributed by atoms with Gasteiger partial charge in [0, 0.05) is 6.07 Å². The fourth-order valence-electron chi connectivity index (χ4n) is 0.700. The van der Waals surface area contributed by atoms with Crippen molar-refractivity contribution in [3.63, 3.8) is 0 Å². The quantitative estimate of drug-likeness (QED) is 0.429. The van der Waals surface area contributed by atoms with E-state index in [1.54, 1.807) is 22.6 Å². The molecular formula is C7H4BrF2IO. The van der Waals surface area contributed by atoms with Gasteiger partial charge in [-0.25, -0.2) is 8.78 Å². The van der Waals surface area contributed by atoms with Crippen molar-refractivity contribution < 1.29 is 13.5 Å².